The Labute approximate surface area is 111 Å². The lowest BCUT2D eigenvalue weighted by atomic mass is 10.1. The molecule has 3 N–H and O–H groups in total. The highest BCUT2D eigenvalue weighted by atomic mass is 35.5. The highest BCUT2D eigenvalue weighted by Crippen LogP contribution is 2.07. The van der Waals surface area contributed by atoms with Gasteiger partial charge in [0.15, 0.2) is 0 Å². The second-order valence-corrected chi connectivity index (χ2v) is 4.85. The molecule has 1 rings (SSSR count). The van der Waals surface area contributed by atoms with Crippen molar-refractivity contribution in [3.05, 3.63) is 34.9 Å². The monoisotopic (exact) mass is 269 g/mol. The molecule has 0 saturated heterocycles. The van der Waals surface area contributed by atoms with E-state index in [1.54, 1.807) is 38.1 Å². The van der Waals surface area contributed by atoms with Crippen molar-refractivity contribution in [1.82, 2.24) is 10.7 Å². The van der Waals surface area contributed by atoms with E-state index < -0.39 is 11.6 Å². The number of hydrogen-bond acceptors (Lipinski definition) is 3. The van der Waals surface area contributed by atoms with E-state index in [9.17, 15) is 4.79 Å². The van der Waals surface area contributed by atoms with E-state index in [0.717, 1.165) is 5.56 Å². The molecule has 0 fully saturated rings. The molecule has 0 unspecified atom stereocenters. The van der Waals surface area contributed by atoms with Gasteiger partial charge in [0.05, 0.1) is 18.4 Å². The molecule has 1 aromatic rings. The van der Waals surface area contributed by atoms with Gasteiger partial charge in [0.25, 0.3) is 0 Å². The fourth-order valence-corrected chi connectivity index (χ4v) is 1.22. The third-order valence-corrected chi connectivity index (χ3v) is 2.35. The van der Waals surface area contributed by atoms with Crippen LogP contribution in [0.1, 0.15) is 19.4 Å². The summed E-state index contributed by atoms with van der Waals surface area (Å²) in [5, 5.41) is 16.0. The van der Waals surface area contributed by atoms with Gasteiger partial charge in [-0.05, 0) is 31.5 Å². The molecular weight excluding hydrogens is 254 g/mol. The van der Waals surface area contributed by atoms with Gasteiger partial charge in [-0.1, -0.05) is 23.7 Å². The molecule has 0 bridgehead atoms. The molecule has 1 aromatic carbocycles. The van der Waals surface area contributed by atoms with Gasteiger partial charge in [0.2, 0.25) is 0 Å². The number of nitrogens with zero attached hydrogens (tertiary/aromatic N) is 1. The first-order valence-electron chi connectivity index (χ1n) is 5.40. The number of amides is 2. The number of carbonyl (C=O) groups excluding carboxylic acids is 1. The van der Waals surface area contributed by atoms with Crippen molar-refractivity contribution >= 4 is 23.8 Å². The van der Waals surface area contributed by atoms with Crippen LogP contribution in [0.25, 0.3) is 0 Å². The van der Waals surface area contributed by atoms with Crippen LogP contribution in [-0.2, 0) is 0 Å². The zero-order valence-electron chi connectivity index (χ0n) is 10.3. The van der Waals surface area contributed by atoms with Gasteiger partial charge < -0.3 is 10.4 Å². The van der Waals surface area contributed by atoms with Crippen LogP contribution >= 0.6 is 11.6 Å². The van der Waals surface area contributed by atoms with Crippen molar-refractivity contribution in [2.75, 3.05) is 6.61 Å². The highest BCUT2D eigenvalue weighted by molar-refractivity contribution is 6.30. The van der Waals surface area contributed by atoms with Crippen LogP contribution in [0.3, 0.4) is 0 Å². The Morgan fingerprint density at radius 3 is 2.61 bits per heavy atom. The predicted octanol–water partition coefficient (Wildman–Crippen LogP) is 1.74. The number of aliphatic hydroxyl groups is 1. The second-order valence-electron chi connectivity index (χ2n) is 4.42. The third kappa shape index (κ3) is 5.16. The summed E-state index contributed by atoms with van der Waals surface area (Å²) in [6.07, 6.45) is 1.50. The lowest BCUT2D eigenvalue weighted by Crippen LogP contribution is -2.49. The molecule has 0 aliphatic carbocycles. The Bertz CT molecular complexity index is 429. The molecule has 0 aliphatic heterocycles. The standard InChI is InChI=1S/C12H16ClN3O2/c1-12(2,8-17)15-11(18)16-14-7-9-3-5-10(13)6-4-9/h3-7,17H,8H2,1-2H3,(H2,15,16,18)/b14-7+. The van der Waals surface area contributed by atoms with Crippen molar-refractivity contribution in [2.45, 2.75) is 19.4 Å². The van der Waals surface area contributed by atoms with E-state index in [2.05, 4.69) is 15.8 Å². The molecule has 18 heavy (non-hydrogen) atoms. The molecule has 0 spiro atoms. The van der Waals surface area contributed by atoms with Gasteiger partial charge in [-0.3, -0.25) is 0 Å². The Hall–Kier alpha value is -1.59. The molecule has 6 heteroatoms. The van der Waals surface area contributed by atoms with Crippen LogP contribution in [0.15, 0.2) is 29.4 Å². The number of rotatable bonds is 4. The van der Waals surface area contributed by atoms with Crippen molar-refractivity contribution in [1.29, 1.82) is 0 Å². The molecule has 0 heterocycles. The third-order valence-electron chi connectivity index (χ3n) is 2.10. The minimum Gasteiger partial charge on any atom is -0.394 e. The van der Waals surface area contributed by atoms with Crippen molar-refractivity contribution in [3.63, 3.8) is 0 Å². The topological polar surface area (TPSA) is 73.7 Å². The number of urea groups is 1. The summed E-state index contributed by atoms with van der Waals surface area (Å²) in [5.41, 5.74) is 2.45. The van der Waals surface area contributed by atoms with Crippen LogP contribution in [-0.4, -0.2) is 29.5 Å². The smallest absolute Gasteiger partial charge is 0.335 e. The van der Waals surface area contributed by atoms with Crippen LogP contribution < -0.4 is 10.7 Å². The molecule has 0 aliphatic rings. The van der Waals surface area contributed by atoms with E-state index in [1.807, 2.05) is 0 Å². The van der Waals surface area contributed by atoms with E-state index in [4.69, 9.17) is 16.7 Å². The van der Waals surface area contributed by atoms with Gasteiger partial charge in [-0.2, -0.15) is 5.10 Å². The normalized spacial score (nSPS) is 11.6. The van der Waals surface area contributed by atoms with Crippen molar-refractivity contribution in [3.8, 4) is 0 Å². The summed E-state index contributed by atoms with van der Waals surface area (Å²) in [5.74, 6) is 0. The van der Waals surface area contributed by atoms with Gasteiger partial charge >= 0.3 is 6.03 Å². The van der Waals surface area contributed by atoms with Crippen LogP contribution in [0.5, 0.6) is 0 Å². The summed E-state index contributed by atoms with van der Waals surface area (Å²) in [6.45, 7) is 3.26. The van der Waals surface area contributed by atoms with Gasteiger partial charge in [-0.15, -0.1) is 0 Å². The summed E-state index contributed by atoms with van der Waals surface area (Å²) in [7, 11) is 0. The van der Waals surface area contributed by atoms with Gasteiger partial charge in [0.1, 0.15) is 0 Å². The summed E-state index contributed by atoms with van der Waals surface area (Å²) < 4.78 is 0. The maximum Gasteiger partial charge on any atom is 0.335 e. The van der Waals surface area contributed by atoms with Gasteiger partial charge in [-0.25, -0.2) is 10.2 Å². The summed E-state index contributed by atoms with van der Waals surface area (Å²) in [6, 6.07) is 6.56. The van der Waals surface area contributed by atoms with Crippen molar-refractivity contribution < 1.29 is 9.90 Å². The van der Waals surface area contributed by atoms with E-state index in [0.29, 0.717) is 5.02 Å². The lowest BCUT2D eigenvalue weighted by molar-refractivity contribution is 0.182. The maximum atomic E-state index is 11.4. The van der Waals surface area contributed by atoms with Crippen LogP contribution in [0.4, 0.5) is 4.79 Å². The first-order chi connectivity index (χ1) is 8.43. The lowest BCUT2D eigenvalue weighted by Gasteiger charge is -2.22. The fourth-order valence-electron chi connectivity index (χ4n) is 1.09. The van der Waals surface area contributed by atoms with Crippen LogP contribution in [0, 0.1) is 0 Å². The Morgan fingerprint density at radius 1 is 1.44 bits per heavy atom. The largest absolute Gasteiger partial charge is 0.394 e. The second kappa shape index (κ2) is 6.37. The molecule has 5 nitrogen and oxygen atoms in total. The number of halogens is 1. The maximum absolute atomic E-state index is 11.4. The minimum absolute atomic E-state index is 0.151. The average molecular weight is 270 g/mol. The Balaban J connectivity index is 2.45. The van der Waals surface area contributed by atoms with E-state index >= 15 is 0 Å². The minimum atomic E-state index is -0.681. The number of hydrazone groups is 1. The molecule has 0 aromatic heterocycles. The molecule has 98 valence electrons. The van der Waals surface area contributed by atoms with E-state index in [-0.39, 0.29) is 6.61 Å². The first kappa shape index (κ1) is 14.5. The SMILES string of the molecule is CC(C)(CO)NC(=O)N/N=C/c1ccc(Cl)cc1. The Morgan fingerprint density at radius 2 is 2.06 bits per heavy atom. The van der Waals surface area contributed by atoms with Crippen molar-refractivity contribution in [2.24, 2.45) is 5.10 Å². The zero-order chi connectivity index (χ0) is 13.6. The summed E-state index contributed by atoms with van der Waals surface area (Å²) in [4.78, 5) is 11.4. The fraction of sp³-hybridized carbons (Fsp3) is 0.333. The van der Waals surface area contributed by atoms with Crippen LogP contribution in [0.2, 0.25) is 5.02 Å². The highest BCUT2D eigenvalue weighted by Gasteiger charge is 2.18. The quantitative estimate of drug-likeness (QED) is 0.575. The van der Waals surface area contributed by atoms with Gasteiger partial charge in [0, 0.05) is 5.02 Å². The summed E-state index contributed by atoms with van der Waals surface area (Å²) >= 11 is 5.74. The number of carbonyl (C=O) groups is 1. The zero-order valence-corrected chi connectivity index (χ0v) is 11.0. The molecular formula is C12H16ClN3O2. The number of aliphatic hydroxyl groups excluding tert-OH is 1. The molecule has 0 atom stereocenters. The molecule has 0 radical (unpaired) electrons. The van der Waals surface area contributed by atoms with E-state index in [1.165, 1.54) is 6.21 Å². The first-order valence-corrected chi connectivity index (χ1v) is 5.78. The Kier molecular flexibility index (Phi) is 5.12. The predicted molar refractivity (Wildman–Crippen MR) is 71.9 cm³/mol. The number of nitrogens with one attached hydrogen (secondary N) is 2. The number of benzene rings is 1. The average Bonchev–Trinajstić information content (AvgIpc) is 2.31. The molecule has 2 amide bonds. The molecule has 0 saturated carbocycles. The number of hydrogen-bond donors (Lipinski definition) is 3.